The Morgan fingerprint density at radius 1 is 1.20 bits per heavy atom. The second-order valence-electron chi connectivity index (χ2n) is 4.49. The van der Waals surface area contributed by atoms with Crippen molar-refractivity contribution in [1.29, 1.82) is 0 Å². The molecule has 0 saturated carbocycles. The van der Waals surface area contributed by atoms with Crippen molar-refractivity contribution in [3.05, 3.63) is 69.4 Å². The summed E-state index contributed by atoms with van der Waals surface area (Å²) in [5.74, 6) is -0.309. The molecule has 0 N–H and O–H groups in total. The molecule has 0 saturated heterocycles. The van der Waals surface area contributed by atoms with E-state index in [-0.39, 0.29) is 5.82 Å². The molecule has 0 bridgehead atoms. The lowest BCUT2D eigenvalue weighted by Crippen LogP contribution is -1.99. The van der Waals surface area contributed by atoms with Gasteiger partial charge in [0.2, 0.25) is 0 Å². The molecule has 1 atom stereocenters. The lowest BCUT2D eigenvalue weighted by atomic mass is 10.0. The maximum atomic E-state index is 14.0. The van der Waals surface area contributed by atoms with Crippen molar-refractivity contribution >= 4 is 27.5 Å². The number of hydrogen-bond acceptors (Lipinski definition) is 1. The quantitative estimate of drug-likeness (QED) is 0.676. The fourth-order valence-corrected chi connectivity index (χ4v) is 2.66. The van der Waals surface area contributed by atoms with E-state index in [2.05, 4.69) is 15.9 Å². The second-order valence-corrected chi connectivity index (χ2v) is 5.78. The van der Waals surface area contributed by atoms with Crippen molar-refractivity contribution in [2.24, 2.45) is 0 Å². The van der Waals surface area contributed by atoms with Gasteiger partial charge in [-0.25, -0.2) is 4.39 Å². The van der Waals surface area contributed by atoms with Gasteiger partial charge in [-0.15, -0.1) is 11.6 Å². The number of rotatable bonds is 5. The predicted molar refractivity (Wildman–Crippen MR) is 83.8 cm³/mol. The van der Waals surface area contributed by atoms with E-state index in [0.29, 0.717) is 16.6 Å². The van der Waals surface area contributed by atoms with Crippen LogP contribution in [0, 0.1) is 5.82 Å². The molecule has 4 heteroatoms. The SMILES string of the molecule is COCCc1ccc(C(Cl)c2cccc(Br)c2F)cc1. The van der Waals surface area contributed by atoms with Crippen LogP contribution >= 0.6 is 27.5 Å². The van der Waals surface area contributed by atoms with Crippen LogP contribution in [-0.2, 0) is 11.2 Å². The van der Waals surface area contributed by atoms with Crippen LogP contribution in [0.25, 0.3) is 0 Å². The highest BCUT2D eigenvalue weighted by molar-refractivity contribution is 9.10. The molecule has 0 amide bonds. The Kier molecular flexibility index (Phi) is 5.58. The van der Waals surface area contributed by atoms with Crippen LogP contribution in [0.3, 0.4) is 0 Å². The van der Waals surface area contributed by atoms with E-state index in [1.165, 1.54) is 5.56 Å². The van der Waals surface area contributed by atoms with Gasteiger partial charge in [0.15, 0.2) is 0 Å². The fourth-order valence-electron chi connectivity index (χ4n) is 1.97. The van der Waals surface area contributed by atoms with Crippen molar-refractivity contribution in [2.45, 2.75) is 11.8 Å². The van der Waals surface area contributed by atoms with E-state index in [0.717, 1.165) is 12.0 Å². The average Bonchev–Trinajstić information content (AvgIpc) is 2.48. The molecule has 2 aromatic carbocycles. The summed E-state index contributed by atoms with van der Waals surface area (Å²) in [6.07, 6.45) is 0.856. The monoisotopic (exact) mass is 356 g/mol. The van der Waals surface area contributed by atoms with Crippen LogP contribution in [0.5, 0.6) is 0 Å². The van der Waals surface area contributed by atoms with Crippen LogP contribution in [-0.4, -0.2) is 13.7 Å². The maximum Gasteiger partial charge on any atom is 0.142 e. The second kappa shape index (κ2) is 7.21. The molecule has 106 valence electrons. The van der Waals surface area contributed by atoms with Crippen molar-refractivity contribution in [1.82, 2.24) is 0 Å². The summed E-state index contributed by atoms with van der Waals surface area (Å²) in [5, 5.41) is -0.496. The molecular formula is C16H15BrClFO. The molecular weight excluding hydrogens is 343 g/mol. The number of methoxy groups -OCH3 is 1. The first-order valence-corrected chi connectivity index (χ1v) is 7.52. The van der Waals surface area contributed by atoms with E-state index in [1.807, 2.05) is 24.3 Å². The van der Waals surface area contributed by atoms with Crippen molar-refractivity contribution < 1.29 is 9.13 Å². The van der Waals surface area contributed by atoms with E-state index in [1.54, 1.807) is 25.3 Å². The number of hydrogen-bond donors (Lipinski definition) is 0. The first-order valence-electron chi connectivity index (χ1n) is 6.29. The van der Waals surface area contributed by atoms with Gasteiger partial charge in [-0.1, -0.05) is 36.4 Å². The Bertz CT molecular complexity index is 571. The van der Waals surface area contributed by atoms with Crippen molar-refractivity contribution in [3.63, 3.8) is 0 Å². The Hall–Kier alpha value is -0.900. The summed E-state index contributed by atoms with van der Waals surface area (Å²) in [4.78, 5) is 0. The molecule has 0 aliphatic carbocycles. The van der Waals surface area contributed by atoms with E-state index in [4.69, 9.17) is 16.3 Å². The molecule has 1 nitrogen and oxygen atoms in total. The summed E-state index contributed by atoms with van der Waals surface area (Å²) < 4.78 is 19.5. The molecule has 2 rings (SSSR count). The van der Waals surface area contributed by atoms with Gasteiger partial charge >= 0.3 is 0 Å². The highest BCUT2D eigenvalue weighted by atomic mass is 79.9. The number of alkyl halides is 1. The molecule has 20 heavy (non-hydrogen) atoms. The van der Waals surface area contributed by atoms with Gasteiger partial charge in [0.25, 0.3) is 0 Å². The number of benzene rings is 2. The van der Waals surface area contributed by atoms with Crippen LogP contribution in [0.2, 0.25) is 0 Å². The molecule has 0 aliphatic heterocycles. The Morgan fingerprint density at radius 2 is 1.90 bits per heavy atom. The van der Waals surface area contributed by atoms with Crippen molar-refractivity contribution in [2.75, 3.05) is 13.7 Å². The van der Waals surface area contributed by atoms with Crippen LogP contribution in [0.1, 0.15) is 22.1 Å². The van der Waals surface area contributed by atoms with Crippen molar-refractivity contribution in [3.8, 4) is 0 Å². The van der Waals surface area contributed by atoms with Crippen LogP contribution in [0.15, 0.2) is 46.9 Å². The van der Waals surface area contributed by atoms with Gasteiger partial charge < -0.3 is 4.74 Å². The van der Waals surface area contributed by atoms with Gasteiger partial charge in [0.05, 0.1) is 16.5 Å². The van der Waals surface area contributed by atoms with Crippen LogP contribution < -0.4 is 0 Å². The van der Waals surface area contributed by atoms with Gasteiger partial charge in [-0.3, -0.25) is 0 Å². The minimum atomic E-state index is -0.496. The third-order valence-corrected chi connectivity index (χ3v) is 4.22. The Balaban J connectivity index is 2.20. The first-order chi connectivity index (χ1) is 9.63. The first kappa shape index (κ1) is 15.5. The fraction of sp³-hybridized carbons (Fsp3) is 0.250. The van der Waals surface area contributed by atoms with Gasteiger partial charge in [-0.05, 0) is 39.5 Å². The smallest absolute Gasteiger partial charge is 0.142 e. The average molecular weight is 358 g/mol. The van der Waals surface area contributed by atoms with E-state index < -0.39 is 5.38 Å². The molecule has 0 radical (unpaired) electrons. The highest BCUT2D eigenvalue weighted by Gasteiger charge is 2.16. The molecule has 0 aromatic heterocycles. The minimum absolute atomic E-state index is 0.309. The van der Waals surface area contributed by atoms with Crippen LogP contribution in [0.4, 0.5) is 4.39 Å². The summed E-state index contributed by atoms with van der Waals surface area (Å²) >= 11 is 9.56. The predicted octanol–water partition coefficient (Wildman–Crippen LogP) is 5.11. The Labute approximate surface area is 131 Å². The largest absolute Gasteiger partial charge is 0.384 e. The van der Waals surface area contributed by atoms with Gasteiger partial charge in [0, 0.05) is 12.7 Å². The van der Waals surface area contributed by atoms with Gasteiger partial charge in [-0.2, -0.15) is 0 Å². The highest BCUT2D eigenvalue weighted by Crippen LogP contribution is 2.33. The summed E-state index contributed by atoms with van der Waals surface area (Å²) in [7, 11) is 1.68. The maximum absolute atomic E-state index is 14.0. The third-order valence-electron chi connectivity index (χ3n) is 3.12. The zero-order valence-corrected chi connectivity index (χ0v) is 13.4. The molecule has 0 spiro atoms. The summed E-state index contributed by atoms with van der Waals surface area (Å²) in [6.45, 7) is 0.684. The lowest BCUT2D eigenvalue weighted by molar-refractivity contribution is 0.202. The summed E-state index contributed by atoms with van der Waals surface area (Å²) in [6, 6.07) is 13.0. The topological polar surface area (TPSA) is 9.23 Å². The standard InChI is InChI=1S/C16H15BrClFO/c1-20-10-9-11-5-7-12(8-6-11)15(18)13-3-2-4-14(17)16(13)19/h2-8,15H,9-10H2,1H3. The molecule has 1 unspecified atom stereocenters. The Morgan fingerprint density at radius 3 is 2.55 bits per heavy atom. The minimum Gasteiger partial charge on any atom is -0.384 e. The zero-order valence-electron chi connectivity index (χ0n) is 11.1. The van der Waals surface area contributed by atoms with E-state index in [9.17, 15) is 4.39 Å². The lowest BCUT2D eigenvalue weighted by Gasteiger charge is -2.13. The molecule has 2 aromatic rings. The van der Waals surface area contributed by atoms with E-state index >= 15 is 0 Å². The molecule has 0 heterocycles. The summed E-state index contributed by atoms with van der Waals surface area (Å²) in [5.41, 5.74) is 2.53. The number of ether oxygens (including phenoxy) is 1. The normalized spacial score (nSPS) is 12.4. The van der Waals surface area contributed by atoms with Gasteiger partial charge in [0.1, 0.15) is 5.82 Å². The molecule has 0 aliphatic rings. The third kappa shape index (κ3) is 3.60. The molecule has 0 fully saturated rings. The number of halogens is 3. The zero-order chi connectivity index (χ0) is 14.5.